The van der Waals surface area contributed by atoms with Crippen molar-refractivity contribution >= 4 is 27.5 Å². The van der Waals surface area contributed by atoms with Gasteiger partial charge in [0.2, 0.25) is 21.8 Å². The van der Waals surface area contributed by atoms with Gasteiger partial charge in [0.05, 0.1) is 18.6 Å². The van der Waals surface area contributed by atoms with Gasteiger partial charge in [0.25, 0.3) is 0 Å². The quantitative estimate of drug-likeness (QED) is 0.488. The summed E-state index contributed by atoms with van der Waals surface area (Å²) in [5, 5.41) is 2.96. The molecule has 36 heavy (non-hydrogen) atoms. The van der Waals surface area contributed by atoms with Gasteiger partial charge in [0, 0.05) is 12.1 Å². The molecule has 0 aliphatic rings. The summed E-state index contributed by atoms with van der Waals surface area (Å²) >= 11 is 0. The van der Waals surface area contributed by atoms with E-state index in [-0.39, 0.29) is 18.1 Å². The predicted octanol–water partition coefficient (Wildman–Crippen LogP) is 3.88. The van der Waals surface area contributed by atoms with Crippen LogP contribution >= 0.6 is 0 Å². The van der Waals surface area contributed by atoms with E-state index in [1.54, 1.807) is 31.2 Å². The maximum absolute atomic E-state index is 13.8. The number of nitrogens with one attached hydrogen (secondary N) is 1. The van der Waals surface area contributed by atoms with E-state index >= 15 is 0 Å². The molecule has 0 unspecified atom stereocenters. The van der Waals surface area contributed by atoms with Crippen molar-refractivity contribution in [2.24, 2.45) is 0 Å². The van der Waals surface area contributed by atoms with E-state index in [1.807, 2.05) is 58.9 Å². The lowest BCUT2D eigenvalue weighted by Crippen LogP contribution is -2.55. The Hall–Kier alpha value is -3.07. The van der Waals surface area contributed by atoms with Gasteiger partial charge in [-0.2, -0.15) is 0 Å². The van der Waals surface area contributed by atoms with E-state index in [0.29, 0.717) is 18.8 Å². The number of para-hydroxylation sites is 2. The lowest BCUT2D eigenvalue weighted by atomic mass is 10.0. The van der Waals surface area contributed by atoms with Crippen molar-refractivity contribution in [2.45, 2.75) is 66.1 Å². The van der Waals surface area contributed by atoms with Crippen LogP contribution < -0.4 is 14.4 Å². The minimum atomic E-state index is -3.84. The number of anilines is 1. The summed E-state index contributed by atoms with van der Waals surface area (Å²) in [5.41, 5.74) is 1.66. The Labute approximate surface area is 215 Å². The lowest BCUT2D eigenvalue weighted by molar-refractivity contribution is -0.141. The fraction of sp³-hybridized carbons (Fsp3) is 0.481. The second kappa shape index (κ2) is 12.3. The number of aryl methyl sites for hydroxylation is 1. The van der Waals surface area contributed by atoms with Crippen molar-refractivity contribution in [3.05, 3.63) is 59.7 Å². The van der Waals surface area contributed by atoms with E-state index in [1.165, 1.54) is 4.90 Å². The number of ether oxygens (including phenoxy) is 1. The van der Waals surface area contributed by atoms with Crippen LogP contribution in [0.4, 0.5) is 5.69 Å². The van der Waals surface area contributed by atoms with E-state index in [2.05, 4.69) is 5.32 Å². The largest absolute Gasteiger partial charge is 0.492 e. The number of amides is 2. The number of rotatable bonds is 11. The molecule has 1 atom stereocenters. The third-order valence-corrected chi connectivity index (χ3v) is 6.56. The lowest BCUT2D eigenvalue weighted by Gasteiger charge is -2.34. The second-order valence-electron chi connectivity index (χ2n) is 9.84. The fourth-order valence-electron chi connectivity index (χ4n) is 3.92. The molecule has 9 heteroatoms. The molecule has 0 aromatic heterocycles. The van der Waals surface area contributed by atoms with Gasteiger partial charge in [-0.05, 0) is 58.7 Å². The Morgan fingerprint density at radius 2 is 1.72 bits per heavy atom. The Morgan fingerprint density at radius 3 is 2.28 bits per heavy atom. The van der Waals surface area contributed by atoms with Crippen LogP contribution in [-0.2, 0) is 26.2 Å². The van der Waals surface area contributed by atoms with Gasteiger partial charge in [-0.25, -0.2) is 8.42 Å². The Kier molecular flexibility index (Phi) is 9.93. The molecular formula is C27H39N3O5S. The molecule has 0 aliphatic carbocycles. The van der Waals surface area contributed by atoms with Crippen LogP contribution in [0.3, 0.4) is 0 Å². The molecule has 0 spiro atoms. The third-order valence-electron chi connectivity index (χ3n) is 5.43. The van der Waals surface area contributed by atoms with E-state index in [0.717, 1.165) is 21.7 Å². The van der Waals surface area contributed by atoms with E-state index in [9.17, 15) is 18.0 Å². The van der Waals surface area contributed by atoms with Crippen molar-refractivity contribution < 1.29 is 22.7 Å². The molecule has 198 valence electrons. The average molecular weight is 518 g/mol. The predicted molar refractivity (Wildman–Crippen MR) is 144 cm³/mol. The Morgan fingerprint density at radius 1 is 1.06 bits per heavy atom. The first kappa shape index (κ1) is 29.2. The number of carbonyl (C=O) groups is 2. The number of sulfonamides is 1. The van der Waals surface area contributed by atoms with Crippen molar-refractivity contribution in [3.63, 3.8) is 0 Å². The highest BCUT2D eigenvalue weighted by atomic mass is 32.2. The van der Waals surface area contributed by atoms with E-state index in [4.69, 9.17) is 4.74 Å². The zero-order chi connectivity index (χ0) is 27.1. The second-order valence-corrected chi connectivity index (χ2v) is 11.8. The SMILES string of the molecule is CCOc1ccccc1N(CC(=O)N(Cc1cccc(C)c1)[C@@H](CC)C(=O)NC(C)(C)C)S(C)(=O)=O. The number of benzene rings is 2. The number of nitrogens with zero attached hydrogens (tertiary/aromatic N) is 2. The first-order valence-electron chi connectivity index (χ1n) is 12.1. The van der Waals surface area contributed by atoms with Crippen LogP contribution in [0.1, 0.15) is 52.2 Å². The molecule has 8 nitrogen and oxygen atoms in total. The van der Waals surface area contributed by atoms with Gasteiger partial charge in [-0.3, -0.25) is 13.9 Å². The topological polar surface area (TPSA) is 96.0 Å². The van der Waals surface area contributed by atoms with Gasteiger partial charge in [-0.15, -0.1) is 0 Å². The fourth-order valence-corrected chi connectivity index (χ4v) is 4.77. The monoisotopic (exact) mass is 517 g/mol. The van der Waals surface area contributed by atoms with Crippen LogP contribution in [0.15, 0.2) is 48.5 Å². The molecule has 0 saturated heterocycles. The molecule has 2 aromatic carbocycles. The first-order valence-corrected chi connectivity index (χ1v) is 14.0. The average Bonchev–Trinajstić information content (AvgIpc) is 2.76. The molecule has 2 rings (SSSR count). The summed E-state index contributed by atoms with van der Waals surface area (Å²) in [6, 6.07) is 13.6. The summed E-state index contributed by atoms with van der Waals surface area (Å²) in [7, 11) is -3.84. The zero-order valence-electron chi connectivity index (χ0n) is 22.4. The highest BCUT2D eigenvalue weighted by molar-refractivity contribution is 7.92. The molecule has 0 fully saturated rings. The van der Waals surface area contributed by atoms with Gasteiger partial charge in [0.15, 0.2) is 0 Å². The molecule has 1 N–H and O–H groups in total. The van der Waals surface area contributed by atoms with Crippen LogP contribution in [-0.4, -0.2) is 56.1 Å². The number of hydrogen-bond acceptors (Lipinski definition) is 5. The number of hydrogen-bond donors (Lipinski definition) is 1. The van der Waals surface area contributed by atoms with Crippen molar-refractivity contribution in [3.8, 4) is 5.75 Å². The van der Waals surface area contributed by atoms with Gasteiger partial charge in [-0.1, -0.05) is 48.9 Å². The minimum absolute atomic E-state index is 0.168. The smallest absolute Gasteiger partial charge is 0.244 e. The van der Waals surface area contributed by atoms with Gasteiger partial charge < -0.3 is 15.0 Å². The first-order chi connectivity index (χ1) is 16.8. The van der Waals surface area contributed by atoms with E-state index < -0.39 is 34.1 Å². The van der Waals surface area contributed by atoms with Gasteiger partial charge in [0.1, 0.15) is 18.3 Å². The van der Waals surface area contributed by atoms with Crippen molar-refractivity contribution in [1.82, 2.24) is 10.2 Å². The normalized spacial score (nSPS) is 12.5. The molecule has 0 heterocycles. The van der Waals surface area contributed by atoms with Crippen LogP contribution in [0.25, 0.3) is 0 Å². The van der Waals surface area contributed by atoms with Crippen LogP contribution in [0, 0.1) is 6.92 Å². The van der Waals surface area contributed by atoms with Crippen molar-refractivity contribution in [2.75, 3.05) is 23.7 Å². The molecular weight excluding hydrogens is 478 g/mol. The summed E-state index contributed by atoms with van der Waals surface area (Å²) in [6.45, 7) is 11.3. The minimum Gasteiger partial charge on any atom is -0.492 e. The highest BCUT2D eigenvalue weighted by Gasteiger charge is 2.33. The third kappa shape index (κ3) is 8.26. The molecule has 2 amide bonds. The summed E-state index contributed by atoms with van der Waals surface area (Å²) in [4.78, 5) is 28.5. The Balaban J connectivity index is 2.51. The van der Waals surface area contributed by atoms with Crippen molar-refractivity contribution in [1.29, 1.82) is 0 Å². The Bertz CT molecular complexity index is 1160. The summed E-state index contributed by atoms with van der Waals surface area (Å²) in [6.07, 6.45) is 1.42. The standard InChI is InChI=1S/C27H39N3O5S/c1-8-22(26(32)28-27(4,5)6)29(18-21-14-12-13-20(3)17-21)25(31)19-30(36(7,33)34)23-15-10-11-16-24(23)35-9-2/h10-17,22H,8-9,18-19H2,1-7H3,(H,28,32)/t22-/m0/s1. The maximum Gasteiger partial charge on any atom is 0.244 e. The maximum atomic E-state index is 13.8. The summed E-state index contributed by atoms with van der Waals surface area (Å²) in [5.74, 6) is -0.406. The summed E-state index contributed by atoms with van der Waals surface area (Å²) < 4.78 is 32.3. The molecule has 0 aliphatic heterocycles. The molecule has 0 bridgehead atoms. The molecule has 2 aromatic rings. The number of carbonyl (C=O) groups excluding carboxylic acids is 2. The molecule has 0 radical (unpaired) electrons. The molecule has 0 saturated carbocycles. The highest BCUT2D eigenvalue weighted by Crippen LogP contribution is 2.30. The van der Waals surface area contributed by atoms with Crippen LogP contribution in [0.2, 0.25) is 0 Å². The van der Waals surface area contributed by atoms with Crippen LogP contribution in [0.5, 0.6) is 5.75 Å². The zero-order valence-corrected chi connectivity index (χ0v) is 23.2. The van der Waals surface area contributed by atoms with Gasteiger partial charge >= 0.3 is 0 Å².